The normalized spacial score (nSPS) is 21.4. The molecule has 0 spiro atoms. The molecule has 1 aromatic rings. The Hall–Kier alpha value is -0.640. The highest BCUT2D eigenvalue weighted by Gasteiger charge is 2.14. The van der Waals surface area contributed by atoms with Crippen molar-refractivity contribution in [1.82, 2.24) is 10.3 Å². The van der Waals surface area contributed by atoms with Gasteiger partial charge in [0, 0.05) is 12.7 Å². The zero-order valence-electron chi connectivity index (χ0n) is 7.87. The largest absolute Gasteiger partial charge is 0.372 e. The first-order valence-electron chi connectivity index (χ1n) is 4.77. The molecule has 1 aromatic heterocycles. The minimum Gasteiger partial charge on any atom is -0.372 e. The van der Waals surface area contributed by atoms with Gasteiger partial charge in [0.15, 0.2) is 0 Å². The fourth-order valence-corrected chi connectivity index (χ4v) is 1.59. The summed E-state index contributed by atoms with van der Waals surface area (Å²) in [5.41, 5.74) is 1.07. The Bertz CT molecular complexity index is 283. The summed E-state index contributed by atoms with van der Waals surface area (Å²) in [4.78, 5) is 3.99. The van der Waals surface area contributed by atoms with Crippen molar-refractivity contribution in [2.45, 2.75) is 19.1 Å². The van der Waals surface area contributed by atoms with Crippen molar-refractivity contribution in [3.05, 3.63) is 29.0 Å². The van der Waals surface area contributed by atoms with Crippen LogP contribution < -0.4 is 5.32 Å². The highest BCUT2D eigenvalue weighted by molar-refractivity contribution is 6.29. The van der Waals surface area contributed by atoms with Gasteiger partial charge in [-0.15, -0.1) is 0 Å². The fourth-order valence-electron chi connectivity index (χ4n) is 1.48. The van der Waals surface area contributed by atoms with E-state index in [-0.39, 0.29) is 0 Å². The van der Waals surface area contributed by atoms with Gasteiger partial charge >= 0.3 is 0 Å². The Morgan fingerprint density at radius 1 is 1.57 bits per heavy atom. The van der Waals surface area contributed by atoms with Crippen molar-refractivity contribution >= 4 is 11.6 Å². The molecule has 0 aromatic carbocycles. The number of pyridine rings is 1. The number of halogens is 1. The van der Waals surface area contributed by atoms with Crippen LogP contribution in [0.4, 0.5) is 0 Å². The molecule has 0 aliphatic carbocycles. The van der Waals surface area contributed by atoms with E-state index in [1.165, 1.54) is 0 Å². The van der Waals surface area contributed by atoms with Crippen LogP contribution in [-0.2, 0) is 11.3 Å². The molecule has 0 saturated carbocycles. The molecule has 14 heavy (non-hydrogen) atoms. The lowest BCUT2D eigenvalue weighted by atomic mass is 10.3. The minimum absolute atomic E-state index is 0.352. The van der Waals surface area contributed by atoms with E-state index in [4.69, 9.17) is 16.3 Å². The Balaban J connectivity index is 1.82. The number of aromatic nitrogens is 1. The van der Waals surface area contributed by atoms with Crippen molar-refractivity contribution in [1.29, 1.82) is 0 Å². The molecule has 2 heterocycles. The second-order valence-electron chi connectivity index (χ2n) is 3.41. The molecule has 1 aliphatic rings. The first-order chi connectivity index (χ1) is 6.84. The van der Waals surface area contributed by atoms with Gasteiger partial charge in [-0.25, -0.2) is 4.98 Å². The van der Waals surface area contributed by atoms with Crippen molar-refractivity contribution in [3.8, 4) is 0 Å². The molecule has 1 saturated heterocycles. The van der Waals surface area contributed by atoms with Crippen LogP contribution in [-0.4, -0.2) is 24.2 Å². The van der Waals surface area contributed by atoms with E-state index >= 15 is 0 Å². The smallest absolute Gasteiger partial charge is 0.129 e. The molecule has 0 bridgehead atoms. The maximum absolute atomic E-state index is 5.68. The molecule has 4 heteroatoms. The van der Waals surface area contributed by atoms with Crippen molar-refractivity contribution in [3.63, 3.8) is 0 Å². The first kappa shape index (κ1) is 9.90. The molecule has 2 rings (SSSR count). The van der Waals surface area contributed by atoms with E-state index in [0.717, 1.165) is 25.1 Å². The van der Waals surface area contributed by atoms with Crippen LogP contribution in [0.25, 0.3) is 0 Å². The van der Waals surface area contributed by atoms with Gasteiger partial charge in [0.25, 0.3) is 0 Å². The van der Waals surface area contributed by atoms with Gasteiger partial charge in [-0.1, -0.05) is 17.7 Å². The third-order valence-corrected chi connectivity index (χ3v) is 2.51. The van der Waals surface area contributed by atoms with Gasteiger partial charge in [-0.2, -0.15) is 0 Å². The predicted octanol–water partition coefficient (Wildman–Crippen LogP) is 1.61. The molecule has 3 nitrogen and oxygen atoms in total. The molecule has 0 unspecified atom stereocenters. The van der Waals surface area contributed by atoms with E-state index in [1.54, 1.807) is 12.3 Å². The molecule has 1 atom stereocenters. The quantitative estimate of drug-likeness (QED) is 0.774. The Kier molecular flexibility index (Phi) is 3.35. The van der Waals surface area contributed by atoms with Crippen LogP contribution in [0.2, 0.25) is 5.15 Å². The summed E-state index contributed by atoms with van der Waals surface area (Å²) in [6.07, 6.45) is 3.21. The number of nitrogens with one attached hydrogen (secondary N) is 1. The summed E-state index contributed by atoms with van der Waals surface area (Å²) in [5, 5.41) is 3.78. The van der Waals surface area contributed by atoms with Gasteiger partial charge in [0.2, 0.25) is 0 Å². The average molecular weight is 213 g/mol. The lowest BCUT2D eigenvalue weighted by molar-refractivity contribution is 0.0541. The van der Waals surface area contributed by atoms with Crippen LogP contribution in [0.1, 0.15) is 12.0 Å². The molecule has 1 fully saturated rings. The average Bonchev–Trinajstić information content (AvgIpc) is 2.70. The number of hydrogen-bond donors (Lipinski definition) is 1. The summed E-state index contributed by atoms with van der Waals surface area (Å²) in [6.45, 7) is 2.64. The standard InChI is InChI=1S/C10H13ClN2O/c11-10-2-1-8(5-13-10)7-14-9-3-4-12-6-9/h1-2,5,9,12H,3-4,6-7H2/t9-/m1/s1. The van der Waals surface area contributed by atoms with E-state index in [0.29, 0.717) is 17.9 Å². The Morgan fingerprint density at radius 2 is 2.50 bits per heavy atom. The second kappa shape index (κ2) is 4.73. The van der Waals surface area contributed by atoms with Crippen LogP contribution in [0.15, 0.2) is 18.3 Å². The highest BCUT2D eigenvalue weighted by Crippen LogP contribution is 2.09. The Morgan fingerprint density at radius 3 is 3.14 bits per heavy atom. The minimum atomic E-state index is 0.352. The van der Waals surface area contributed by atoms with E-state index in [2.05, 4.69) is 10.3 Å². The predicted molar refractivity (Wildman–Crippen MR) is 55.3 cm³/mol. The van der Waals surface area contributed by atoms with Crippen molar-refractivity contribution in [2.75, 3.05) is 13.1 Å². The van der Waals surface area contributed by atoms with Crippen LogP contribution in [0.5, 0.6) is 0 Å². The molecule has 0 radical (unpaired) electrons. The summed E-state index contributed by atoms with van der Waals surface area (Å²) in [7, 11) is 0. The van der Waals surface area contributed by atoms with Crippen molar-refractivity contribution < 1.29 is 4.74 Å². The zero-order chi connectivity index (χ0) is 9.80. The van der Waals surface area contributed by atoms with Gasteiger partial charge in [-0.05, 0) is 24.6 Å². The summed E-state index contributed by atoms with van der Waals surface area (Å²) >= 11 is 5.68. The van der Waals surface area contributed by atoms with E-state index < -0.39 is 0 Å². The highest BCUT2D eigenvalue weighted by atomic mass is 35.5. The maximum atomic E-state index is 5.68. The monoisotopic (exact) mass is 212 g/mol. The van der Waals surface area contributed by atoms with Crippen LogP contribution in [0, 0.1) is 0 Å². The molecular formula is C10H13ClN2O. The number of ether oxygens (including phenoxy) is 1. The lowest BCUT2D eigenvalue weighted by Crippen LogP contribution is -2.16. The van der Waals surface area contributed by atoms with Gasteiger partial charge in [0.05, 0.1) is 12.7 Å². The van der Waals surface area contributed by atoms with E-state index in [9.17, 15) is 0 Å². The number of hydrogen-bond acceptors (Lipinski definition) is 3. The second-order valence-corrected chi connectivity index (χ2v) is 3.80. The molecule has 76 valence electrons. The zero-order valence-corrected chi connectivity index (χ0v) is 8.63. The number of nitrogens with zero attached hydrogens (tertiary/aromatic N) is 1. The summed E-state index contributed by atoms with van der Waals surface area (Å²) < 4.78 is 5.68. The summed E-state index contributed by atoms with van der Waals surface area (Å²) in [6, 6.07) is 3.73. The van der Waals surface area contributed by atoms with Crippen molar-refractivity contribution in [2.24, 2.45) is 0 Å². The lowest BCUT2D eigenvalue weighted by Gasteiger charge is -2.09. The van der Waals surface area contributed by atoms with Gasteiger partial charge in [0.1, 0.15) is 5.15 Å². The van der Waals surface area contributed by atoms with Gasteiger partial charge < -0.3 is 10.1 Å². The molecular weight excluding hydrogens is 200 g/mol. The third-order valence-electron chi connectivity index (χ3n) is 2.29. The first-order valence-corrected chi connectivity index (χ1v) is 5.15. The molecule has 1 N–H and O–H groups in total. The fraction of sp³-hybridized carbons (Fsp3) is 0.500. The van der Waals surface area contributed by atoms with E-state index in [1.807, 2.05) is 6.07 Å². The van der Waals surface area contributed by atoms with Gasteiger partial charge in [-0.3, -0.25) is 0 Å². The van der Waals surface area contributed by atoms with Crippen LogP contribution in [0.3, 0.4) is 0 Å². The molecule has 0 amide bonds. The Labute approximate surface area is 88.4 Å². The number of rotatable bonds is 3. The summed E-state index contributed by atoms with van der Waals surface area (Å²) in [5.74, 6) is 0. The SMILES string of the molecule is Clc1ccc(CO[C@@H]2CCNC2)cn1. The molecule has 1 aliphatic heterocycles. The van der Waals surface area contributed by atoms with Crippen LogP contribution >= 0.6 is 11.6 Å². The topological polar surface area (TPSA) is 34.1 Å². The maximum Gasteiger partial charge on any atom is 0.129 e. The third kappa shape index (κ3) is 2.67.